The number of rotatable bonds is 7. The number of H-pyrrole nitrogens is 1. The van der Waals surface area contributed by atoms with Crippen LogP contribution in [0.2, 0.25) is 0 Å². The molecule has 0 aromatic carbocycles. The highest BCUT2D eigenvalue weighted by atomic mass is 32.9. The van der Waals surface area contributed by atoms with Crippen molar-refractivity contribution in [3.05, 3.63) is 9.78 Å². The molecule has 1 N–H and O–H groups in total. The molecular weight excluding hydrogens is 343 g/mol. The van der Waals surface area contributed by atoms with Gasteiger partial charge in [0.05, 0.1) is 19.0 Å². The van der Waals surface area contributed by atoms with Gasteiger partial charge in [0.15, 0.2) is 9.78 Å². The minimum atomic E-state index is -2.30. The second-order valence-corrected chi connectivity index (χ2v) is 11.2. The molecular formula is C8H13N4O2PS4. The molecule has 0 saturated heterocycles. The molecule has 2 aromatic heterocycles. The standard InChI is InChI=1S/C8H13N4O2PS4/c1-3-13-15(17,14-4-2)18-5-6-9-10-7-12(6)11-8(16)19-7/h3-5H2,1-2H3,(H,11,16). The quantitative estimate of drug-likeness (QED) is 0.603. The van der Waals surface area contributed by atoms with Crippen molar-refractivity contribution in [2.45, 2.75) is 19.6 Å². The fourth-order valence-corrected chi connectivity index (χ4v) is 6.60. The molecule has 6 nitrogen and oxygen atoms in total. The Morgan fingerprint density at radius 1 is 1.37 bits per heavy atom. The Hall–Kier alpha value is 0.170. The molecule has 2 aromatic rings. The van der Waals surface area contributed by atoms with E-state index in [0.29, 0.717) is 22.9 Å². The molecule has 0 aliphatic carbocycles. The Labute approximate surface area is 128 Å². The summed E-state index contributed by atoms with van der Waals surface area (Å²) >= 11 is 13.4. The molecule has 106 valence electrons. The number of nitrogens with zero attached hydrogens (tertiary/aromatic N) is 3. The van der Waals surface area contributed by atoms with Crippen molar-refractivity contribution in [1.82, 2.24) is 19.8 Å². The van der Waals surface area contributed by atoms with Gasteiger partial charge in [0.25, 0.3) is 0 Å². The minimum absolute atomic E-state index is 0.542. The van der Waals surface area contributed by atoms with Gasteiger partial charge in [-0.2, -0.15) is 0 Å². The molecule has 0 aliphatic heterocycles. The maximum absolute atomic E-state index is 5.57. The van der Waals surface area contributed by atoms with Crippen LogP contribution in [0.5, 0.6) is 0 Å². The lowest BCUT2D eigenvalue weighted by Crippen LogP contribution is -1.96. The van der Waals surface area contributed by atoms with Crippen molar-refractivity contribution < 1.29 is 9.05 Å². The van der Waals surface area contributed by atoms with Gasteiger partial charge in [-0.1, -0.05) is 22.7 Å². The van der Waals surface area contributed by atoms with Crippen LogP contribution >= 0.6 is 40.6 Å². The van der Waals surface area contributed by atoms with Gasteiger partial charge in [-0.25, -0.2) is 4.52 Å². The largest absolute Gasteiger partial charge is 0.322 e. The number of nitrogens with one attached hydrogen (secondary N) is 1. The Bertz CT molecular complexity index is 640. The van der Waals surface area contributed by atoms with Crippen LogP contribution in [0.3, 0.4) is 0 Å². The van der Waals surface area contributed by atoms with Crippen molar-refractivity contribution in [1.29, 1.82) is 0 Å². The van der Waals surface area contributed by atoms with Gasteiger partial charge in [0.2, 0.25) is 10.7 Å². The minimum Gasteiger partial charge on any atom is -0.322 e. The Morgan fingerprint density at radius 3 is 2.68 bits per heavy atom. The Morgan fingerprint density at radius 2 is 2.05 bits per heavy atom. The van der Waals surface area contributed by atoms with Crippen LogP contribution in [-0.4, -0.2) is 33.0 Å². The summed E-state index contributed by atoms with van der Waals surface area (Å²) in [5.74, 6) is 1.33. The van der Waals surface area contributed by atoms with Crippen LogP contribution in [0.1, 0.15) is 19.7 Å². The molecule has 0 fully saturated rings. The molecule has 0 spiro atoms. The first-order valence-electron chi connectivity index (χ1n) is 5.54. The van der Waals surface area contributed by atoms with Crippen LogP contribution < -0.4 is 0 Å². The predicted octanol–water partition coefficient (Wildman–Crippen LogP) is 3.38. The molecule has 19 heavy (non-hydrogen) atoms. The molecule has 0 unspecified atom stereocenters. The van der Waals surface area contributed by atoms with Crippen molar-refractivity contribution in [3.8, 4) is 0 Å². The van der Waals surface area contributed by atoms with Crippen LogP contribution in [-0.2, 0) is 26.6 Å². The highest BCUT2D eigenvalue weighted by Crippen LogP contribution is 2.61. The summed E-state index contributed by atoms with van der Waals surface area (Å²) < 4.78 is 13.6. The van der Waals surface area contributed by atoms with Crippen LogP contribution in [0.25, 0.3) is 4.96 Å². The average Bonchev–Trinajstić information content (AvgIpc) is 2.86. The van der Waals surface area contributed by atoms with Gasteiger partial charge in [0.1, 0.15) is 0 Å². The second kappa shape index (κ2) is 6.75. The van der Waals surface area contributed by atoms with E-state index >= 15 is 0 Å². The van der Waals surface area contributed by atoms with Crippen molar-refractivity contribution in [2.75, 3.05) is 13.2 Å². The molecule has 0 atom stereocenters. The summed E-state index contributed by atoms with van der Waals surface area (Å²) in [4.78, 5) is 0.752. The van der Waals surface area contributed by atoms with E-state index in [4.69, 9.17) is 33.1 Å². The summed E-state index contributed by atoms with van der Waals surface area (Å²) in [6.45, 7) is 4.90. The summed E-state index contributed by atoms with van der Waals surface area (Å²) in [5, 5.41) is 11.2. The van der Waals surface area contributed by atoms with Crippen LogP contribution in [0, 0.1) is 3.95 Å². The molecule has 0 saturated carbocycles. The molecule has 0 radical (unpaired) electrons. The first kappa shape index (κ1) is 15.6. The van der Waals surface area contributed by atoms with E-state index in [9.17, 15) is 0 Å². The molecule has 2 heterocycles. The van der Waals surface area contributed by atoms with E-state index in [0.717, 1.165) is 10.8 Å². The third kappa shape index (κ3) is 3.84. The van der Waals surface area contributed by atoms with Crippen molar-refractivity contribution in [2.24, 2.45) is 0 Å². The SMILES string of the molecule is CCOP(=S)(OCC)SCc1nnc2sc(=S)[nH]n12. The normalized spacial score (nSPS) is 12.3. The molecule has 0 amide bonds. The zero-order valence-electron chi connectivity index (χ0n) is 10.4. The van der Waals surface area contributed by atoms with E-state index in [1.54, 1.807) is 4.52 Å². The highest BCUT2D eigenvalue weighted by Gasteiger charge is 2.20. The number of aromatic nitrogens is 4. The van der Waals surface area contributed by atoms with Gasteiger partial charge in [-0.3, -0.25) is 5.10 Å². The average molecular weight is 356 g/mol. The van der Waals surface area contributed by atoms with E-state index < -0.39 is 5.69 Å². The molecule has 0 aliphatic rings. The Kier molecular flexibility index (Phi) is 5.53. The summed E-state index contributed by atoms with van der Waals surface area (Å²) in [6.07, 6.45) is 0. The van der Waals surface area contributed by atoms with Crippen LogP contribution in [0.4, 0.5) is 0 Å². The third-order valence-electron chi connectivity index (χ3n) is 2.01. The molecule has 11 heteroatoms. The smallest absolute Gasteiger partial charge is 0.247 e. The van der Waals surface area contributed by atoms with Gasteiger partial charge >= 0.3 is 0 Å². The fraction of sp³-hybridized carbons (Fsp3) is 0.625. The number of fused-ring (bicyclic) bond motifs is 1. The number of hydrogen-bond donors (Lipinski definition) is 1. The first-order chi connectivity index (χ1) is 9.08. The lowest BCUT2D eigenvalue weighted by molar-refractivity contribution is 0.280. The summed E-state index contributed by atoms with van der Waals surface area (Å²) in [5.41, 5.74) is -2.30. The van der Waals surface area contributed by atoms with Gasteiger partial charge in [-0.15, -0.1) is 10.2 Å². The predicted molar refractivity (Wildman–Crippen MR) is 84.9 cm³/mol. The monoisotopic (exact) mass is 356 g/mol. The molecule has 0 bridgehead atoms. The molecule has 2 rings (SSSR count). The lowest BCUT2D eigenvalue weighted by atomic mass is 10.7. The maximum Gasteiger partial charge on any atom is 0.247 e. The van der Waals surface area contributed by atoms with Crippen LogP contribution in [0.15, 0.2) is 0 Å². The zero-order valence-corrected chi connectivity index (χ0v) is 14.5. The van der Waals surface area contributed by atoms with Crippen molar-refractivity contribution in [3.63, 3.8) is 0 Å². The van der Waals surface area contributed by atoms with Gasteiger partial charge in [-0.05, 0) is 37.9 Å². The highest BCUT2D eigenvalue weighted by molar-refractivity contribution is 8.67. The lowest BCUT2D eigenvalue weighted by Gasteiger charge is -2.19. The third-order valence-corrected chi connectivity index (χ3v) is 8.48. The van der Waals surface area contributed by atoms with E-state index in [-0.39, 0.29) is 0 Å². The second-order valence-electron chi connectivity index (χ2n) is 3.29. The summed E-state index contributed by atoms with van der Waals surface area (Å²) in [6, 6.07) is 0. The van der Waals surface area contributed by atoms with Crippen molar-refractivity contribution >= 4 is 57.4 Å². The topological polar surface area (TPSA) is 64.4 Å². The van der Waals surface area contributed by atoms with Gasteiger partial charge in [0, 0.05) is 0 Å². The Balaban J connectivity index is 2.12. The number of hydrogen-bond acceptors (Lipinski definition) is 8. The van der Waals surface area contributed by atoms with Gasteiger partial charge < -0.3 is 9.05 Å². The van der Waals surface area contributed by atoms with E-state index in [1.807, 2.05) is 13.8 Å². The van der Waals surface area contributed by atoms with E-state index in [1.165, 1.54) is 22.7 Å². The summed E-state index contributed by atoms with van der Waals surface area (Å²) in [7, 11) is 0. The maximum atomic E-state index is 5.57. The van der Waals surface area contributed by atoms with E-state index in [2.05, 4.69) is 15.3 Å². The first-order valence-corrected chi connectivity index (χ1v) is 11.0. The zero-order chi connectivity index (χ0) is 13.9. The fourth-order valence-electron chi connectivity index (χ4n) is 1.33. The number of aromatic amines is 1.